The Morgan fingerprint density at radius 1 is 1.31 bits per heavy atom. The standard InChI is InChI=1S/C20H31N3O2S/c1-5-23(4)9-6-17-12-15(3)18(13-14(17)2)25-20(26)22-19(21)16-7-10-24-11-8-16/h12-13,16H,5-11H2,1-4H3,(H2,21,22,26). The van der Waals surface area contributed by atoms with Crippen LogP contribution in [0.4, 0.5) is 0 Å². The number of aliphatic imine (C=N–C) groups is 1. The van der Waals surface area contributed by atoms with E-state index in [1.54, 1.807) is 0 Å². The molecule has 2 N–H and O–H groups in total. The number of thiocarbonyl (C=S) groups is 1. The molecule has 144 valence electrons. The van der Waals surface area contributed by atoms with E-state index in [1.165, 1.54) is 11.1 Å². The topological polar surface area (TPSA) is 60.1 Å². The Balaban J connectivity index is 2.02. The number of nitrogens with two attached hydrogens (primary N) is 1. The van der Waals surface area contributed by atoms with Crippen molar-refractivity contribution < 1.29 is 9.47 Å². The van der Waals surface area contributed by atoms with Crippen molar-refractivity contribution in [2.45, 2.75) is 40.0 Å². The molecule has 0 atom stereocenters. The first-order valence-electron chi connectivity index (χ1n) is 9.33. The lowest BCUT2D eigenvalue weighted by Crippen LogP contribution is -2.30. The number of amidine groups is 1. The van der Waals surface area contributed by atoms with Gasteiger partial charge in [0.05, 0.1) is 0 Å². The molecule has 0 amide bonds. The maximum Gasteiger partial charge on any atom is 0.290 e. The number of hydrogen-bond acceptors (Lipinski definition) is 4. The first-order chi connectivity index (χ1) is 12.4. The van der Waals surface area contributed by atoms with E-state index >= 15 is 0 Å². The maximum atomic E-state index is 6.10. The summed E-state index contributed by atoms with van der Waals surface area (Å²) in [5, 5.41) is 0.176. The number of rotatable bonds is 6. The number of likely N-dealkylation sites (N-methyl/N-ethyl adjacent to an activating group) is 1. The fourth-order valence-electron chi connectivity index (χ4n) is 3.01. The summed E-state index contributed by atoms with van der Waals surface area (Å²) >= 11 is 5.29. The lowest BCUT2D eigenvalue weighted by atomic mass is 9.99. The van der Waals surface area contributed by atoms with Gasteiger partial charge in [-0.25, -0.2) is 0 Å². The Bertz CT molecular complexity index is 655. The van der Waals surface area contributed by atoms with Crippen LogP contribution in [0.3, 0.4) is 0 Å². The van der Waals surface area contributed by atoms with Gasteiger partial charge in [0, 0.05) is 25.7 Å². The number of benzene rings is 1. The highest BCUT2D eigenvalue weighted by Gasteiger charge is 2.18. The molecule has 0 radical (unpaired) electrons. The van der Waals surface area contributed by atoms with E-state index in [9.17, 15) is 0 Å². The maximum absolute atomic E-state index is 6.10. The summed E-state index contributed by atoms with van der Waals surface area (Å²) < 4.78 is 11.2. The quantitative estimate of drug-likeness (QED) is 0.468. The van der Waals surface area contributed by atoms with Crippen molar-refractivity contribution in [2.75, 3.05) is 33.4 Å². The van der Waals surface area contributed by atoms with Crippen LogP contribution >= 0.6 is 12.2 Å². The Kier molecular flexibility index (Phi) is 8.00. The zero-order valence-electron chi connectivity index (χ0n) is 16.4. The number of nitrogens with zero attached hydrogens (tertiary/aromatic N) is 2. The van der Waals surface area contributed by atoms with Crippen molar-refractivity contribution in [1.29, 1.82) is 0 Å². The molecule has 5 nitrogen and oxygen atoms in total. The third-order valence-electron chi connectivity index (χ3n) is 4.99. The third-order valence-corrected chi connectivity index (χ3v) is 5.17. The smallest absolute Gasteiger partial charge is 0.290 e. The number of aryl methyl sites for hydroxylation is 2. The monoisotopic (exact) mass is 377 g/mol. The second kappa shape index (κ2) is 10.00. The first kappa shape index (κ1) is 20.8. The van der Waals surface area contributed by atoms with Crippen LogP contribution in [-0.4, -0.2) is 49.3 Å². The third kappa shape index (κ3) is 6.04. The van der Waals surface area contributed by atoms with Gasteiger partial charge in [-0.3, -0.25) is 0 Å². The molecule has 0 aliphatic carbocycles. The molecule has 6 heteroatoms. The van der Waals surface area contributed by atoms with Crippen molar-refractivity contribution in [3.63, 3.8) is 0 Å². The van der Waals surface area contributed by atoms with Crippen LogP contribution in [0.5, 0.6) is 5.75 Å². The highest BCUT2D eigenvalue weighted by molar-refractivity contribution is 7.80. The van der Waals surface area contributed by atoms with Crippen molar-refractivity contribution in [1.82, 2.24) is 4.90 Å². The van der Waals surface area contributed by atoms with Crippen molar-refractivity contribution in [3.05, 3.63) is 28.8 Å². The largest absolute Gasteiger partial charge is 0.430 e. The van der Waals surface area contributed by atoms with Crippen LogP contribution in [-0.2, 0) is 11.2 Å². The number of ether oxygens (including phenoxy) is 2. The van der Waals surface area contributed by atoms with E-state index < -0.39 is 0 Å². The zero-order chi connectivity index (χ0) is 19.1. The molecule has 26 heavy (non-hydrogen) atoms. The lowest BCUT2D eigenvalue weighted by molar-refractivity contribution is 0.0825. The van der Waals surface area contributed by atoms with E-state index in [-0.39, 0.29) is 11.1 Å². The van der Waals surface area contributed by atoms with Gasteiger partial charge in [0.2, 0.25) is 0 Å². The summed E-state index contributed by atoms with van der Waals surface area (Å²) in [6.07, 6.45) is 2.80. The van der Waals surface area contributed by atoms with Gasteiger partial charge in [-0.05, 0) is 81.7 Å². The van der Waals surface area contributed by atoms with Gasteiger partial charge < -0.3 is 20.1 Å². The normalized spacial score (nSPS) is 16.1. The second-order valence-corrected chi connectivity index (χ2v) is 7.33. The lowest BCUT2D eigenvalue weighted by Gasteiger charge is -2.21. The zero-order valence-corrected chi connectivity index (χ0v) is 17.2. The Morgan fingerprint density at radius 3 is 2.65 bits per heavy atom. The van der Waals surface area contributed by atoms with E-state index in [4.69, 9.17) is 27.4 Å². The van der Waals surface area contributed by atoms with Crippen molar-refractivity contribution in [3.8, 4) is 5.75 Å². The van der Waals surface area contributed by atoms with Gasteiger partial charge in [-0.1, -0.05) is 13.0 Å². The highest BCUT2D eigenvalue weighted by atomic mass is 32.1. The molecular formula is C20H31N3O2S. The fraction of sp³-hybridized carbons (Fsp3) is 0.600. The van der Waals surface area contributed by atoms with Gasteiger partial charge in [0.25, 0.3) is 5.17 Å². The van der Waals surface area contributed by atoms with E-state index in [0.717, 1.165) is 56.9 Å². The van der Waals surface area contributed by atoms with Gasteiger partial charge in [-0.15, -0.1) is 0 Å². The summed E-state index contributed by atoms with van der Waals surface area (Å²) in [6.45, 7) is 9.86. The van der Waals surface area contributed by atoms with Crippen LogP contribution < -0.4 is 10.5 Å². The van der Waals surface area contributed by atoms with Gasteiger partial charge >= 0.3 is 0 Å². The SMILES string of the molecule is CCN(C)CCc1cc(C)c(OC(=S)N=C(N)C2CCOCC2)cc1C. The molecule has 0 unspecified atom stereocenters. The molecule has 1 saturated heterocycles. The molecule has 1 aliphatic rings. The van der Waals surface area contributed by atoms with Crippen LogP contribution in [0.1, 0.15) is 36.5 Å². The molecule has 1 fully saturated rings. The van der Waals surface area contributed by atoms with E-state index in [0.29, 0.717) is 5.84 Å². The summed E-state index contributed by atoms with van der Waals surface area (Å²) in [4.78, 5) is 6.61. The Labute approximate surface area is 162 Å². The molecule has 1 aromatic rings. The van der Waals surface area contributed by atoms with Crippen molar-refractivity contribution >= 4 is 23.2 Å². The van der Waals surface area contributed by atoms with E-state index in [1.807, 2.05) is 13.0 Å². The van der Waals surface area contributed by atoms with Crippen LogP contribution in [0.2, 0.25) is 0 Å². The molecule has 0 spiro atoms. The minimum atomic E-state index is 0.176. The minimum absolute atomic E-state index is 0.176. The highest BCUT2D eigenvalue weighted by Crippen LogP contribution is 2.24. The summed E-state index contributed by atoms with van der Waals surface area (Å²) in [5.74, 6) is 1.53. The average molecular weight is 378 g/mol. The Morgan fingerprint density at radius 2 is 2.00 bits per heavy atom. The first-order valence-corrected chi connectivity index (χ1v) is 9.73. The van der Waals surface area contributed by atoms with Crippen molar-refractivity contribution in [2.24, 2.45) is 16.6 Å². The summed E-state index contributed by atoms with van der Waals surface area (Å²) in [5.41, 5.74) is 9.71. The van der Waals surface area contributed by atoms with Gasteiger partial charge in [0.1, 0.15) is 11.6 Å². The number of hydrogen-bond donors (Lipinski definition) is 1. The van der Waals surface area contributed by atoms with Gasteiger partial charge in [-0.2, -0.15) is 4.99 Å². The fourth-order valence-corrected chi connectivity index (χ4v) is 3.20. The predicted octanol–water partition coefficient (Wildman–Crippen LogP) is 3.25. The summed E-state index contributed by atoms with van der Waals surface area (Å²) in [7, 11) is 2.14. The molecule has 0 aromatic heterocycles. The predicted molar refractivity (Wildman–Crippen MR) is 111 cm³/mol. The minimum Gasteiger partial charge on any atom is -0.430 e. The van der Waals surface area contributed by atoms with Crippen LogP contribution in [0.15, 0.2) is 17.1 Å². The molecule has 1 aliphatic heterocycles. The molecule has 1 heterocycles. The molecule has 0 saturated carbocycles. The van der Waals surface area contributed by atoms with Crippen LogP contribution in [0, 0.1) is 19.8 Å². The molecule has 1 aromatic carbocycles. The van der Waals surface area contributed by atoms with E-state index in [2.05, 4.69) is 36.9 Å². The van der Waals surface area contributed by atoms with Crippen LogP contribution in [0.25, 0.3) is 0 Å². The molecular weight excluding hydrogens is 346 g/mol. The summed E-state index contributed by atoms with van der Waals surface area (Å²) in [6, 6.07) is 4.23. The van der Waals surface area contributed by atoms with Gasteiger partial charge in [0.15, 0.2) is 0 Å². The molecule has 2 rings (SSSR count). The molecule has 0 bridgehead atoms. The Hall–Kier alpha value is -1.50. The average Bonchev–Trinajstić information content (AvgIpc) is 2.63. The second-order valence-electron chi connectivity index (χ2n) is 6.98.